The first-order valence-corrected chi connectivity index (χ1v) is 10.3. The lowest BCUT2D eigenvalue weighted by Crippen LogP contribution is -2.50. The summed E-state index contributed by atoms with van der Waals surface area (Å²) in [5, 5.41) is 0. The third-order valence-corrected chi connectivity index (χ3v) is 5.74. The van der Waals surface area contributed by atoms with Gasteiger partial charge in [-0.15, -0.1) is 0 Å². The van der Waals surface area contributed by atoms with E-state index in [1.807, 2.05) is 12.1 Å². The van der Waals surface area contributed by atoms with Gasteiger partial charge in [0.15, 0.2) is 0 Å². The fraction of sp³-hybridized carbons (Fsp3) is 0.409. The summed E-state index contributed by atoms with van der Waals surface area (Å²) >= 11 is 0. The molecule has 0 aliphatic carbocycles. The number of piperazine rings is 1. The highest BCUT2D eigenvalue weighted by Gasteiger charge is 2.31. The van der Waals surface area contributed by atoms with Gasteiger partial charge in [0.1, 0.15) is 12.1 Å². The van der Waals surface area contributed by atoms with Crippen LogP contribution in [0.5, 0.6) is 0 Å². The lowest BCUT2D eigenvalue weighted by molar-refractivity contribution is -0.137. The summed E-state index contributed by atoms with van der Waals surface area (Å²) < 4.78 is 38.9. The van der Waals surface area contributed by atoms with Crippen LogP contribution >= 0.6 is 0 Å². The monoisotopic (exact) mass is 431 g/mol. The van der Waals surface area contributed by atoms with E-state index in [-0.39, 0.29) is 5.91 Å². The van der Waals surface area contributed by atoms with E-state index in [1.54, 1.807) is 17.2 Å². The van der Waals surface area contributed by atoms with Crippen molar-refractivity contribution in [2.45, 2.75) is 12.6 Å². The highest BCUT2D eigenvalue weighted by molar-refractivity contribution is 5.80. The van der Waals surface area contributed by atoms with Gasteiger partial charge in [-0.2, -0.15) is 13.2 Å². The highest BCUT2D eigenvalue weighted by atomic mass is 19.4. The second kappa shape index (κ2) is 9.05. The Balaban J connectivity index is 1.29. The van der Waals surface area contributed by atoms with E-state index < -0.39 is 11.7 Å². The maximum absolute atomic E-state index is 13.0. The van der Waals surface area contributed by atoms with Crippen LogP contribution in [0.25, 0.3) is 5.57 Å². The Labute approximate surface area is 179 Å². The molecular formula is C22H24F3N5O. The van der Waals surface area contributed by atoms with Crippen LogP contribution in [0.15, 0.2) is 48.9 Å². The van der Waals surface area contributed by atoms with Gasteiger partial charge in [0.05, 0.1) is 12.1 Å². The van der Waals surface area contributed by atoms with Gasteiger partial charge in [0.2, 0.25) is 5.91 Å². The molecule has 1 saturated heterocycles. The van der Waals surface area contributed by atoms with Gasteiger partial charge >= 0.3 is 6.18 Å². The van der Waals surface area contributed by atoms with Gasteiger partial charge in [-0.1, -0.05) is 18.2 Å². The molecule has 0 saturated carbocycles. The number of rotatable bonds is 4. The Bertz CT molecular complexity index is 940. The minimum absolute atomic E-state index is 0.0508. The average Bonchev–Trinajstić information content (AvgIpc) is 2.80. The van der Waals surface area contributed by atoms with Crippen LogP contribution in [-0.2, 0) is 11.0 Å². The molecule has 0 N–H and O–H groups in total. The Hall–Kier alpha value is -2.94. The molecule has 2 aliphatic rings. The minimum atomic E-state index is -4.36. The second-order valence-corrected chi connectivity index (χ2v) is 7.73. The van der Waals surface area contributed by atoms with Crippen molar-refractivity contribution in [2.75, 3.05) is 50.7 Å². The number of carbonyl (C=O) groups excluding carboxylic acids is 1. The smallest absolute Gasteiger partial charge is 0.354 e. The third-order valence-electron chi connectivity index (χ3n) is 5.74. The first-order chi connectivity index (χ1) is 14.9. The summed E-state index contributed by atoms with van der Waals surface area (Å²) in [6.45, 7) is 4.43. The van der Waals surface area contributed by atoms with E-state index in [1.165, 1.54) is 18.5 Å². The number of hydrogen-bond acceptors (Lipinski definition) is 5. The fourth-order valence-corrected chi connectivity index (χ4v) is 3.95. The van der Waals surface area contributed by atoms with Crippen molar-refractivity contribution in [3.63, 3.8) is 0 Å². The predicted octanol–water partition coefficient (Wildman–Crippen LogP) is 2.93. The Morgan fingerprint density at radius 2 is 1.87 bits per heavy atom. The van der Waals surface area contributed by atoms with Gasteiger partial charge in [0.25, 0.3) is 0 Å². The van der Waals surface area contributed by atoms with E-state index >= 15 is 0 Å². The highest BCUT2D eigenvalue weighted by Crippen LogP contribution is 2.32. The summed E-state index contributed by atoms with van der Waals surface area (Å²) in [5.74, 6) is 0.944. The average molecular weight is 431 g/mol. The lowest BCUT2D eigenvalue weighted by atomic mass is 9.97. The zero-order valence-electron chi connectivity index (χ0n) is 17.1. The molecule has 1 fully saturated rings. The molecule has 9 heteroatoms. The number of nitrogens with zero attached hydrogens (tertiary/aromatic N) is 5. The van der Waals surface area contributed by atoms with Gasteiger partial charge in [-0.25, -0.2) is 9.97 Å². The topological polar surface area (TPSA) is 52.6 Å². The molecule has 31 heavy (non-hydrogen) atoms. The van der Waals surface area contributed by atoms with E-state index in [9.17, 15) is 18.0 Å². The first-order valence-electron chi connectivity index (χ1n) is 10.3. The second-order valence-electron chi connectivity index (χ2n) is 7.73. The van der Waals surface area contributed by atoms with E-state index in [0.29, 0.717) is 31.6 Å². The van der Waals surface area contributed by atoms with Crippen molar-refractivity contribution in [2.24, 2.45) is 0 Å². The normalized spacial score (nSPS) is 18.1. The zero-order valence-corrected chi connectivity index (χ0v) is 17.1. The van der Waals surface area contributed by atoms with Gasteiger partial charge in [-0.05, 0) is 35.8 Å². The molecule has 2 aromatic rings. The van der Waals surface area contributed by atoms with Crippen molar-refractivity contribution in [1.82, 2.24) is 19.8 Å². The number of halogens is 3. The minimum Gasteiger partial charge on any atom is -0.354 e. The van der Waals surface area contributed by atoms with Gasteiger partial charge in [-0.3, -0.25) is 9.69 Å². The molecule has 1 aromatic carbocycles. The Kier molecular flexibility index (Phi) is 6.22. The third kappa shape index (κ3) is 5.22. The largest absolute Gasteiger partial charge is 0.416 e. The van der Waals surface area contributed by atoms with Crippen LogP contribution in [0.3, 0.4) is 0 Å². The Morgan fingerprint density at radius 3 is 2.52 bits per heavy atom. The molecule has 0 spiro atoms. The molecule has 0 unspecified atom stereocenters. The van der Waals surface area contributed by atoms with E-state index in [2.05, 4.69) is 19.8 Å². The summed E-state index contributed by atoms with van der Waals surface area (Å²) in [5.41, 5.74) is 0.780. The van der Waals surface area contributed by atoms with E-state index in [4.69, 9.17) is 0 Å². The van der Waals surface area contributed by atoms with Crippen LogP contribution in [0.4, 0.5) is 19.0 Å². The summed E-state index contributed by atoms with van der Waals surface area (Å²) in [6, 6.07) is 7.25. The summed E-state index contributed by atoms with van der Waals surface area (Å²) in [7, 11) is 0. The van der Waals surface area contributed by atoms with Crippen LogP contribution < -0.4 is 4.90 Å². The first kappa shape index (κ1) is 21.3. The molecule has 0 bridgehead atoms. The van der Waals surface area contributed by atoms with Crippen LogP contribution in [0, 0.1) is 0 Å². The molecule has 1 aromatic heterocycles. The fourth-order valence-electron chi connectivity index (χ4n) is 3.95. The molecule has 0 radical (unpaired) electrons. The molecule has 2 aliphatic heterocycles. The summed E-state index contributed by atoms with van der Waals surface area (Å²) in [4.78, 5) is 27.0. The number of benzene rings is 1. The van der Waals surface area contributed by atoms with Crippen LogP contribution in [0.2, 0.25) is 0 Å². The molecular weight excluding hydrogens is 407 g/mol. The summed E-state index contributed by atoms with van der Waals surface area (Å²) in [6.07, 6.45) is 1.31. The van der Waals surface area contributed by atoms with Crippen LogP contribution in [0.1, 0.15) is 17.5 Å². The number of alkyl halides is 3. The molecule has 4 rings (SSSR count). The van der Waals surface area contributed by atoms with Crippen LogP contribution in [-0.4, -0.2) is 71.5 Å². The van der Waals surface area contributed by atoms with Gasteiger partial charge in [0, 0.05) is 45.5 Å². The van der Waals surface area contributed by atoms with Crippen molar-refractivity contribution < 1.29 is 18.0 Å². The van der Waals surface area contributed by atoms with Gasteiger partial charge < -0.3 is 9.80 Å². The number of carbonyl (C=O) groups is 1. The quantitative estimate of drug-likeness (QED) is 0.745. The van der Waals surface area contributed by atoms with Crippen molar-refractivity contribution in [3.05, 3.63) is 60.1 Å². The molecule has 1 amide bonds. The molecule has 164 valence electrons. The van der Waals surface area contributed by atoms with E-state index in [0.717, 1.165) is 43.6 Å². The standard InChI is InChI=1S/C22H24F3N5O/c23-22(24,25)19-3-1-2-18(14-19)17-5-8-30(9-6-17)21(31)15-28-10-12-29(13-11-28)20-4-7-26-16-27-20/h1-5,7,14,16H,6,8-13,15H2. The maximum Gasteiger partial charge on any atom is 0.416 e. The predicted molar refractivity (Wildman–Crippen MR) is 111 cm³/mol. The van der Waals surface area contributed by atoms with Crippen molar-refractivity contribution >= 4 is 17.3 Å². The zero-order chi connectivity index (χ0) is 21.8. The van der Waals surface area contributed by atoms with Crippen molar-refractivity contribution in [3.8, 4) is 0 Å². The maximum atomic E-state index is 13.0. The molecule has 6 nitrogen and oxygen atoms in total. The number of hydrogen-bond donors (Lipinski definition) is 0. The SMILES string of the molecule is O=C(CN1CCN(c2ccncn2)CC1)N1CC=C(c2cccc(C(F)(F)F)c2)CC1. The lowest BCUT2D eigenvalue weighted by Gasteiger charge is -2.36. The molecule has 3 heterocycles. The van der Waals surface area contributed by atoms with Crippen molar-refractivity contribution in [1.29, 1.82) is 0 Å². The number of anilines is 1. The Morgan fingerprint density at radius 1 is 1.06 bits per heavy atom. The number of aromatic nitrogens is 2. The molecule has 0 atom stereocenters. The number of amides is 1.